The molecular weight excluding hydrogens is 514 g/mol. The van der Waals surface area contributed by atoms with Gasteiger partial charge in [-0.15, -0.1) is 0 Å². The summed E-state index contributed by atoms with van der Waals surface area (Å²) in [7, 11) is 0. The summed E-state index contributed by atoms with van der Waals surface area (Å²) in [5.41, 5.74) is 14.4. The Morgan fingerprint density at radius 2 is 1.67 bits per heavy atom. The van der Waals surface area contributed by atoms with E-state index in [4.69, 9.17) is 5.73 Å². The predicted molar refractivity (Wildman–Crippen MR) is 150 cm³/mol. The molecule has 0 amide bonds. The van der Waals surface area contributed by atoms with Gasteiger partial charge in [-0.1, -0.05) is 13.8 Å². The van der Waals surface area contributed by atoms with E-state index in [2.05, 4.69) is 38.8 Å². The van der Waals surface area contributed by atoms with Gasteiger partial charge in [-0.25, -0.2) is 0 Å². The van der Waals surface area contributed by atoms with Gasteiger partial charge in [0.25, 0.3) is 0 Å². The number of anilines is 1. The topological polar surface area (TPSA) is 48.0 Å². The van der Waals surface area contributed by atoms with Gasteiger partial charge in [0.1, 0.15) is 0 Å². The maximum absolute atomic E-state index is 13.9. The Morgan fingerprint density at radius 1 is 1.00 bits per heavy atom. The molecule has 36 heavy (non-hydrogen) atoms. The number of hydrogen-bond donors (Lipinski definition) is 1. The minimum atomic E-state index is -0.245. The zero-order chi connectivity index (χ0) is 26.0. The number of fused-ring (bicyclic) bond motifs is 1. The maximum atomic E-state index is 13.9. The first-order chi connectivity index (χ1) is 17.3. The van der Waals surface area contributed by atoms with Gasteiger partial charge >= 0.3 is 208 Å². The van der Waals surface area contributed by atoms with Crippen molar-refractivity contribution in [2.75, 3.05) is 5.73 Å². The molecule has 0 aliphatic heterocycles. The summed E-state index contributed by atoms with van der Waals surface area (Å²) in [5.74, 6) is 0.184. The number of rotatable bonds is 4. The van der Waals surface area contributed by atoms with Crippen molar-refractivity contribution in [1.29, 1.82) is 0 Å². The van der Waals surface area contributed by atoms with E-state index in [9.17, 15) is 9.18 Å². The SMILES string of the molecule is CC.CC(=O)c1ccc(-c2c(C3CCCCC3)n(-c3ccc(F)cc3)c3cc(C)c(N)cc23)c([Se])c1. The van der Waals surface area contributed by atoms with Gasteiger partial charge in [0.05, 0.1) is 0 Å². The van der Waals surface area contributed by atoms with E-state index in [1.165, 1.54) is 37.1 Å². The van der Waals surface area contributed by atoms with Crippen LogP contribution in [0.5, 0.6) is 0 Å². The van der Waals surface area contributed by atoms with Gasteiger partial charge in [0.15, 0.2) is 0 Å². The fourth-order valence-electron chi connectivity index (χ4n) is 5.34. The van der Waals surface area contributed by atoms with Crippen LogP contribution in [-0.2, 0) is 0 Å². The van der Waals surface area contributed by atoms with Crippen LogP contribution >= 0.6 is 0 Å². The number of hydrogen-bond acceptors (Lipinski definition) is 2. The third-order valence-electron chi connectivity index (χ3n) is 7.13. The second kappa shape index (κ2) is 11.0. The van der Waals surface area contributed by atoms with Crippen LogP contribution in [0.25, 0.3) is 27.7 Å². The molecule has 2 N–H and O–H groups in total. The molecule has 0 saturated heterocycles. The van der Waals surface area contributed by atoms with Crippen LogP contribution < -0.4 is 10.2 Å². The molecule has 1 heterocycles. The van der Waals surface area contributed by atoms with Crippen molar-refractivity contribution >= 4 is 42.8 Å². The molecule has 187 valence electrons. The van der Waals surface area contributed by atoms with Crippen molar-refractivity contribution in [2.45, 2.75) is 65.7 Å². The van der Waals surface area contributed by atoms with E-state index >= 15 is 0 Å². The Hall–Kier alpha value is -2.88. The molecule has 0 atom stereocenters. The van der Waals surface area contributed by atoms with Crippen LogP contribution in [0.2, 0.25) is 0 Å². The third-order valence-corrected chi connectivity index (χ3v) is 7.83. The Kier molecular flexibility index (Phi) is 8.02. The third kappa shape index (κ3) is 4.87. The van der Waals surface area contributed by atoms with Crippen molar-refractivity contribution in [3.63, 3.8) is 0 Å². The van der Waals surface area contributed by atoms with E-state index in [0.717, 1.165) is 56.3 Å². The summed E-state index contributed by atoms with van der Waals surface area (Å²) >= 11 is 3.20. The Labute approximate surface area is 221 Å². The summed E-state index contributed by atoms with van der Waals surface area (Å²) in [6.45, 7) is 7.61. The first-order valence-electron chi connectivity index (χ1n) is 12.9. The van der Waals surface area contributed by atoms with Gasteiger partial charge < -0.3 is 0 Å². The Morgan fingerprint density at radius 3 is 2.28 bits per heavy atom. The second-order valence-electron chi connectivity index (χ2n) is 9.40. The molecule has 0 bridgehead atoms. The summed E-state index contributed by atoms with van der Waals surface area (Å²) in [5, 5.41) is 1.08. The molecule has 3 aromatic carbocycles. The predicted octanol–water partition coefficient (Wildman–Crippen LogP) is 7.40. The van der Waals surface area contributed by atoms with Crippen LogP contribution in [0, 0.1) is 12.7 Å². The Balaban J connectivity index is 0.00000148. The van der Waals surface area contributed by atoms with Gasteiger partial charge in [-0.3, -0.25) is 0 Å². The van der Waals surface area contributed by atoms with Crippen LogP contribution in [0.3, 0.4) is 0 Å². The summed E-state index contributed by atoms with van der Waals surface area (Å²) in [6.07, 6.45) is 5.89. The molecule has 1 fully saturated rings. The minimum absolute atomic E-state index is 0.0455. The molecule has 4 aromatic rings. The molecule has 1 aromatic heterocycles. The molecule has 1 radical (unpaired) electrons. The van der Waals surface area contributed by atoms with Crippen LogP contribution in [0.4, 0.5) is 10.1 Å². The number of aryl methyl sites for hydroxylation is 1. The molecule has 5 heteroatoms. The monoisotopic (exact) mass is 549 g/mol. The molecule has 1 aliphatic carbocycles. The molecular formula is C31H34FN2OSe. The average molecular weight is 549 g/mol. The number of benzene rings is 3. The van der Waals surface area contributed by atoms with Crippen molar-refractivity contribution in [3.05, 3.63) is 77.2 Å². The number of nitrogen functional groups attached to an aromatic ring is 1. The molecule has 0 spiro atoms. The number of ketones is 1. The number of carbonyl (C=O) groups excluding carboxylic acids is 1. The van der Waals surface area contributed by atoms with Gasteiger partial charge in [0.2, 0.25) is 0 Å². The number of nitrogens with two attached hydrogens (primary N) is 1. The second-order valence-corrected chi connectivity index (χ2v) is 10.3. The van der Waals surface area contributed by atoms with Crippen molar-refractivity contribution in [2.24, 2.45) is 0 Å². The quantitative estimate of drug-likeness (QED) is 0.164. The van der Waals surface area contributed by atoms with E-state index < -0.39 is 0 Å². The molecule has 1 aliphatic rings. The summed E-state index contributed by atoms with van der Waals surface area (Å²) in [6, 6.07) is 16.9. The van der Waals surface area contributed by atoms with Crippen molar-refractivity contribution in [3.8, 4) is 16.8 Å². The number of carbonyl (C=O) groups is 1. The number of nitrogens with zero attached hydrogens (tertiary/aromatic N) is 1. The van der Waals surface area contributed by atoms with Gasteiger partial charge in [-0.2, -0.15) is 0 Å². The molecule has 3 nitrogen and oxygen atoms in total. The zero-order valence-corrected chi connectivity index (χ0v) is 23.2. The van der Waals surface area contributed by atoms with Crippen LogP contribution in [0.1, 0.15) is 80.4 Å². The first-order valence-corrected chi connectivity index (χ1v) is 13.7. The summed E-state index contributed by atoms with van der Waals surface area (Å²) in [4.78, 5) is 12.0. The van der Waals surface area contributed by atoms with Crippen LogP contribution in [-0.4, -0.2) is 26.4 Å². The Bertz CT molecular complexity index is 1400. The standard InChI is InChI=1S/C29H28FN2OSe.C2H6/c1-17-14-26-24(16-25(17)31)28(23-13-8-20(18(2)33)15-27(23)34)29(19-6-4-3-5-7-19)32(26)22-11-9-21(30)10-12-22;1-2/h8-16,19H,3-7,31H2,1-2H3;1-2H3. The van der Waals surface area contributed by atoms with Gasteiger partial charge in [0, 0.05) is 0 Å². The number of halogens is 1. The van der Waals surface area contributed by atoms with E-state index in [1.807, 2.05) is 45.0 Å². The summed E-state index contributed by atoms with van der Waals surface area (Å²) < 4.78 is 17.1. The fourth-order valence-corrected chi connectivity index (χ4v) is 5.96. The molecule has 0 unspecified atom stereocenters. The zero-order valence-electron chi connectivity index (χ0n) is 21.5. The van der Waals surface area contributed by atoms with E-state index in [1.54, 1.807) is 6.92 Å². The van der Waals surface area contributed by atoms with Crippen LogP contribution in [0.15, 0.2) is 54.6 Å². The fraction of sp³-hybridized carbons (Fsp3) is 0.323. The van der Waals surface area contributed by atoms with E-state index in [-0.39, 0.29) is 11.6 Å². The molecule has 1 saturated carbocycles. The van der Waals surface area contributed by atoms with Gasteiger partial charge in [-0.05, 0) is 0 Å². The van der Waals surface area contributed by atoms with Crippen molar-refractivity contribution < 1.29 is 9.18 Å². The first kappa shape index (κ1) is 26.2. The average Bonchev–Trinajstić information content (AvgIpc) is 3.20. The number of aromatic nitrogens is 1. The normalized spacial score (nSPS) is 13.9. The van der Waals surface area contributed by atoms with Crippen molar-refractivity contribution in [1.82, 2.24) is 4.57 Å². The van der Waals surface area contributed by atoms with E-state index in [0.29, 0.717) is 11.5 Å². The number of Topliss-reactive ketones (excluding diaryl/α,β-unsaturated/α-hetero) is 1. The molecule has 5 rings (SSSR count).